The van der Waals surface area contributed by atoms with Gasteiger partial charge in [-0.15, -0.1) is 4.83 Å². The van der Waals surface area contributed by atoms with Crippen LogP contribution in [0.4, 0.5) is 0 Å². The third-order valence-electron chi connectivity index (χ3n) is 3.64. The van der Waals surface area contributed by atoms with Crippen molar-refractivity contribution in [3.63, 3.8) is 0 Å². The quantitative estimate of drug-likeness (QED) is 0.454. The number of ether oxygens (including phenoxy) is 1. The standard InChI is InChI=1S/C14H17BrN2O7S2/c1-2-24-14(19)9-3-4-12(11(15)7-9)26(22,23)17-16-13(18)10-5-6-25(20,21)8-10/h3-4,7,10,17H,2,5-6,8H2,1H3,(H,16,18)/t10-/m0/s1. The van der Waals surface area contributed by atoms with Crippen LogP contribution in [0.3, 0.4) is 0 Å². The Morgan fingerprint density at radius 3 is 2.58 bits per heavy atom. The highest BCUT2D eigenvalue weighted by atomic mass is 79.9. The Kier molecular flexibility index (Phi) is 6.42. The Morgan fingerprint density at radius 1 is 1.35 bits per heavy atom. The Balaban J connectivity index is 2.08. The lowest BCUT2D eigenvalue weighted by atomic mass is 10.1. The molecule has 9 nitrogen and oxygen atoms in total. The van der Waals surface area contributed by atoms with Crippen molar-refractivity contribution >= 4 is 47.7 Å². The summed E-state index contributed by atoms with van der Waals surface area (Å²) in [5.74, 6) is -2.51. The van der Waals surface area contributed by atoms with Crippen molar-refractivity contribution in [1.82, 2.24) is 10.3 Å². The number of hydrogen-bond acceptors (Lipinski definition) is 7. The maximum absolute atomic E-state index is 12.3. The van der Waals surface area contributed by atoms with E-state index < -0.39 is 37.7 Å². The van der Waals surface area contributed by atoms with Crippen molar-refractivity contribution in [2.24, 2.45) is 5.92 Å². The van der Waals surface area contributed by atoms with Gasteiger partial charge in [0, 0.05) is 4.47 Å². The fourth-order valence-corrected chi connectivity index (χ4v) is 6.00. The molecule has 26 heavy (non-hydrogen) atoms. The molecule has 0 bridgehead atoms. The SMILES string of the molecule is CCOC(=O)c1ccc(S(=O)(=O)NNC(=O)[C@H]2CCS(=O)(=O)C2)c(Br)c1. The Labute approximate surface area is 159 Å². The fraction of sp³-hybridized carbons (Fsp3) is 0.429. The molecule has 1 aromatic rings. The number of amides is 1. The highest BCUT2D eigenvalue weighted by Gasteiger charge is 2.33. The zero-order chi connectivity index (χ0) is 19.5. The molecule has 1 fully saturated rings. The van der Waals surface area contributed by atoms with Crippen molar-refractivity contribution < 1.29 is 31.2 Å². The third-order valence-corrected chi connectivity index (χ3v) is 7.64. The van der Waals surface area contributed by atoms with Crippen LogP contribution in [0.15, 0.2) is 27.6 Å². The van der Waals surface area contributed by atoms with Gasteiger partial charge in [-0.25, -0.2) is 21.6 Å². The first-order valence-corrected chi connectivity index (χ1v) is 11.6. The topological polar surface area (TPSA) is 136 Å². The van der Waals surface area contributed by atoms with Gasteiger partial charge in [0.1, 0.15) is 0 Å². The molecule has 2 rings (SSSR count). The Bertz CT molecular complexity index is 929. The number of carbonyl (C=O) groups is 2. The molecule has 1 heterocycles. The molecule has 12 heteroatoms. The third kappa shape index (κ3) is 5.02. The monoisotopic (exact) mass is 468 g/mol. The number of halogens is 1. The van der Waals surface area contributed by atoms with E-state index >= 15 is 0 Å². The predicted octanol–water partition coefficient (Wildman–Crippen LogP) is 0.370. The van der Waals surface area contributed by atoms with Gasteiger partial charge >= 0.3 is 5.97 Å². The van der Waals surface area contributed by atoms with E-state index in [0.717, 1.165) is 0 Å². The van der Waals surface area contributed by atoms with E-state index in [-0.39, 0.29) is 39.5 Å². The molecule has 0 unspecified atom stereocenters. The molecule has 1 saturated heterocycles. The van der Waals surface area contributed by atoms with Gasteiger partial charge in [0.2, 0.25) is 5.91 Å². The maximum atomic E-state index is 12.3. The molecular formula is C14H17BrN2O7S2. The number of benzene rings is 1. The number of hydrazine groups is 1. The molecule has 0 radical (unpaired) electrons. The molecule has 0 aliphatic carbocycles. The minimum Gasteiger partial charge on any atom is -0.462 e. The summed E-state index contributed by atoms with van der Waals surface area (Å²) in [7, 11) is -7.39. The van der Waals surface area contributed by atoms with E-state index in [2.05, 4.69) is 15.9 Å². The highest BCUT2D eigenvalue weighted by Crippen LogP contribution is 2.23. The van der Waals surface area contributed by atoms with Crippen molar-refractivity contribution in [2.45, 2.75) is 18.2 Å². The van der Waals surface area contributed by atoms with Gasteiger partial charge in [-0.3, -0.25) is 10.2 Å². The largest absolute Gasteiger partial charge is 0.462 e. The summed E-state index contributed by atoms with van der Waals surface area (Å²) in [6, 6.07) is 3.76. The zero-order valence-electron chi connectivity index (χ0n) is 13.7. The summed E-state index contributed by atoms with van der Waals surface area (Å²) in [6.07, 6.45) is 0.147. The molecule has 1 aliphatic heterocycles. The van der Waals surface area contributed by atoms with Gasteiger partial charge in [-0.05, 0) is 47.5 Å². The Morgan fingerprint density at radius 2 is 2.04 bits per heavy atom. The van der Waals surface area contributed by atoms with Crippen molar-refractivity contribution in [1.29, 1.82) is 0 Å². The average Bonchev–Trinajstić information content (AvgIpc) is 2.92. The predicted molar refractivity (Wildman–Crippen MR) is 95.3 cm³/mol. The molecule has 2 N–H and O–H groups in total. The van der Waals surface area contributed by atoms with Crippen LogP contribution in [0, 0.1) is 5.92 Å². The molecule has 0 spiro atoms. The first-order valence-electron chi connectivity index (χ1n) is 7.54. The number of carbonyl (C=O) groups excluding carboxylic acids is 2. The van der Waals surface area contributed by atoms with Crippen LogP contribution in [0.25, 0.3) is 0 Å². The van der Waals surface area contributed by atoms with Crippen LogP contribution in [0.2, 0.25) is 0 Å². The van der Waals surface area contributed by atoms with E-state index in [4.69, 9.17) is 4.74 Å². The summed E-state index contributed by atoms with van der Waals surface area (Å²) in [5, 5.41) is 0. The second-order valence-corrected chi connectivity index (χ2v) is 10.3. The molecular weight excluding hydrogens is 452 g/mol. The molecule has 144 valence electrons. The van der Waals surface area contributed by atoms with E-state index in [9.17, 15) is 26.4 Å². The summed E-state index contributed by atoms with van der Waals surface area (Å²) < 4.78 is 52.3. The number of sulfone groups is 1. The number of sulfonamides is 1. The lowest BCUT2D eigenvalue weighted by Crippen LogP contribution is -2.44. The second-order valence-electron chi connectivity index (χ2n) is 5.56. The van der Waals surface area contributed by atoms with E-state index in [1.165, 1.54) is 18.2 Å². The van der Waals surface area contributed by atoms with Gasteiger partial charge in [0.15, 0.2) is 9.84 Å². The van der Waals surface area contributed by atoms with Crippen molar-refractivity contribution in [3.05, 3.63) is 28.2 Å². The minimum absolute atomic E-state index is 0.0985. The summed E-state index contributed by atoms with van der Waals surface area (Å²) in [6.45, 7) is 1.83. The average molecular weight is 469 g/mol. The van der Waals surface area contributed by atoms with Crippen LogP contribution < -0.4 is 10.3 Å². The van der Waals surface area contributed by atoms with Gasteiger partial charge in [-0.2, -0.15) is 0 Å². The van der Waals surface area contributed by atoms with E-state index in [1.54, 1.807) is 6.92 Å². The lowest BCUT2D eigenvalue weighted by molar-refractivity contribution is -0.124. The van der Waals surface area contributed by atoms with Crippen LogP contribution in [0.5, 0.6) is 0 Å². The zero-order valence-corrected chi connectivity index (χ0v) is 16.9. The summed E-state index contributed by atoms with van der Waals surface area (Å²) >= 11 is 3.07. The molecule has 1 aliphatic rings. The molecule has 1 atom stereocenters. The van der Waals surface area contributed by atoms with Crippen LogP contribution >= 0.6 is 15.9 Å². The van der Waals surface area contributed by atoms with Crippen molar-refractivity contribution in [3.8, 4) is 0 Å². The fourth-order valence-electron chi connectivity index (χ4n) is 2.34. The second kappa shape index (κ2) is 8.03. The summed E-state index contributed by atoms with van der Waals surface area (Å²) in [4.78, 5) is 25.3. The number of esters is 1. The maximum Gasteiger partial charge on any atom is 0.338 e. The van der Waals surface area contributed by atoms with Crippen molar-refractivity contribution in [2.75, 3.05) is 18.1 Å². The van der Waals surface area contributed by atoms with Gasteiger partial charge < -0.3 is 4.74 Å². The first-order chi connectivity index (χ1) is 12.1. The van der Waals surface area contributed by atoms with Gasteiger partial charge in [-0.1, -0.05) is 0 Å². The molecule has 0 saturated carbocycles. The van der Waals surface area contributed by atoms with Crippen LogP contribution in [-0.2, 0) is 29.4 Å². The summed E-state index contributed by atoms with van der Waals surface area (Å²) in [5.41, 5.74) is 2.20. The van der Waals surface area contributed by atoms with E-state index in [1.807, 2.05) is 10.3 Å². The van der Waals surface area contributed by atoms with Crippen LogP contribution in [0.1, 0.15) is 23.7 Å². The minimum atomic E-state index is -4.13. The normalized spacial score (nSPS) is 19.1. The van der Waals surface area contributed by atoms with Gasteiger partial charge in [0.25, 0.3) is 10.0 Å². The number of hydrogen-bond donors (Lipinski definition) is 2. The molecule has 1 amide bonds. The Hall–Kier alpha value is -1.50. The molecule has 0 aromatic heterocycles. The van der Waals surface area contributed by atoms with Crippen LogP contribution in [-0.4, -0.2) is 46.8 Å². The number of rotatable bonds is 6. The highest BCUT2D eigenvalue weighted by molar-refractivity contribution is 9.10. The first kappa shape index (κ1) is 20.8. The number of nitrogens with one attached hydrogen (secondary N) is 2. The van der Waals surface area contributed by atoms with Gasteiger partial charge in [0.05, 0.1) is 34.5 Å². The molecule has 1 aromatic carbocycles. The lowest BCUT2D eigenvalue weighted by Gasteiger charge is -2.12. The van der Waals surface area contributed by atoms with E-state index in [0.29, 0.717) is 0 Å². The smallest absolute Gasteiger partial charge is 0.338 e.